The highest BCUT2D eigenvalue weighted by atomic mass is 35.5. The van der Waals surface area contributed by atoms with Gasteiger partial charge in [-0.05, 0) is 49.9 Å². The molecule has 7 heteroatoms. The second-order valence-electron chi connectivity index (χ2n) is 4.73. The van der Waals surface area contributed by atoms with Gasteiger partial charge in [0.25, 0.3) is 0 Å². The van der Waals surface area contributed by atoms with E-state index in [1.54, 1.807) is 6.07 Å². The van der Waals surface area contributed by atoms with Crippen molar-refractivity contribution in [3.63, 3.8) is 0 Å². The maximum absolute atomic E-state index is 5.70. The predicted octanol–water partition coefficient (Wildman–Crippen LogP) is 2.38. The van der Waals surface area contributed by atoms with E-state index in [1.165, 1.54) is 25.9 Å². The summed E-state index contributed by atoms with van der Waals surface area (Å²) in [6.45, 7) is 2.35. The zero-order valence-corrected chi connectivity index (χ0v) is 12.2. The molecule has 102 valence electrons. The van der Waals surface area contributed by atoms with E-state index in [0.717, 1.165) is 17.7 Å². The molecule has 1 aliphatic carbocycles. The van der Waals surface area contributed by atoms with Crippen LogP contribution in [0.3, 0.4) is 0 Å². The molecule has 2 fully saturated rings. The molecule has 1 aliphatic heterocycles. The third kappa shape index (κ3) is 3.38. The van der Waals surface area contributed by atoms with Crippen molar-refractivity contribution in [3.8, 4) is 0 Å². The van der Waals surface area contributed by atoms with Crippen molar-refractivity contribution < 1.29 is 0 Å². The summed E-state index contributed by atoms with van der Waals surface area (Å²) >= 11 is 5.70. The van der Waals surface area contributed by atoms with Gasteiger partial charge in [0.15, 0.2) is 5.15 Å². The number of aromatic nitrogens is 2. The highest BCUT2D eigenvalue weighted by Gasteiger charge is 2.37. The van der Waals surface area contributed by atoms with Crippen molar-refractivity contribution in [2.75, 3.05) is 18.4 Å². The summed E-state index contributed by atoms with van der Waals surface area (Å²) in [6, 6.07) is 4.21. The van der Waals surface area contributed by atoms with Gasteiger partial charge >= 0.3 is 0 Å². The van der Waals surface area contributed by atoms with Crippen LogP contribution in [0.1, 0.15) is 12.8 Å². The lowest BCUT2D eigenvalue weighted by atomic mass is 10.0. The van der Waals surface area contributed by atoms with Crippen LogP contribution in [0, 0.1) is 11.8 Å². The van der Waals surface area contributed by atoms with E-state index in [0.29, 0.717) is 11.2 Å². The highest BCUT2D eigenvalue weighted by Crippen LogP contribution is 2.35. The second-order valence-corrected chi connectivity index (χ2v) is 5.12. The van der Waals surface area contributed by atoms with Crippen molar-refractivity contribution in [2.45, 2.75) is 18.9 Å². The maximum atomic E-state index is 5.70. The Morgan fingerprint density at radius 3 is 2.33 bits per heavy atom. The van der Waals surface area contributed by atoms with Gasteiger partial charge in [-0.15, -0.1) is 35.0 Å². The van der Waals surface area contributed by atoms with Crippen molar-refractivity contribution in [3.05, 3.63) is 17.3 Å². The summed E-state index contributed by atoms with van der Waals surface area (Å²) in [5.41, 5.74) is 0. The van der Waals surface area contributed by atoms with Crippen LogP contribution in [0.4, 0.5) is 5.82 Å². The largest absolute Gasteiger partial charge is 0.366 e. The maximum Gasteiger partial charge on any atom is 0.151 e. The first kappa shape index (κ1) is 15.8. The smallest absolute Gasteiger partial charge is 0.151 e. The number of anilines is 1. The molecule has 1 saturated carbocycles. The van der Waals surface area contributed by atoms with Gasteiger partial charge in [0, 0.05) is 6.04 Å². The van der Waals surface area contributed by atoms with E-state index in [9.17, 15) is 0 Å². The zero-order chi connectivity index (χ0) is 11.0. The number of rotatable bonds is 2. The first-order chi connectivity index (χ1) is 7.81. The van der Waals surface area contributed by atoms with Gasteiger partial charge in [-0.2, -0.15) is 0 Å². The topological polar surface area (TPSA) is 49.8 Å². The molecular formula is C11H17Cl3N4. The third-order valence-electron chi connectivity index (χ3n) is 3.64. The second kappa shape index (κ2) is 6.75. The molecular weight excluding hydrogens is 295 g/mol. The highest BCUT2D eigenvalue weighted by molar-refractivity contribution is 6.29. The minimum atomic E-state index is 0. The standard InChI is InChI=1S/C11H15ClN4.2ClH/c12-10-1-2-11(16-15-10)14-9-3-7-5-13-6-8(7)4-9;;/h1-2,7-9,13H,3-6H2,(H,14,16);2*1H/t7-,8+,9?;;. The minimum absolute atomic E-state index is 0. The van der Waals surface area contributed by atoms with Gasteiger partial charge in [0.05, 0.1) is 0 Å². The van der Waals surface area contributed by atoms with Gasteiger partial charge in [-0.25, -0.2) is 0 Å². The van der Waals surface area contributed by atoms with E-state index in [4.69, 9.17) is 11.6 Å². The lowest BCUT2D eigenvalue weighted by Crippen LogP contribution is -2.21. The van der Waals surface area contributed by atoms with Gasteiger partial charge in [-0.1, -0.05) is 11.6 Å². The summed E-state index contributed by atoms with van der Waals surface area (Å²) < 4.78 is 0. The van der Waals surface area contributed by atoms with E-state index < -0.39 is 0 Å². The first-order valence-electron chi connectivity index (χ1n) is 5.78. The van der Waals surface area contributed by atoms with Crippen LogP contribution in [0.15, 0.2) is 12.1 Å². The van der Waals surface area contributed by atoms with Crippen LogP contribution in [0.5, 0.6) is 0 Å². The molecule has 18 heavy (non-hydrogen) atoms. The number of nitrogens with one attached hydrogen (secondary N) is 2. The van der Waals surface area contributed by atoms with Crippen LogP contribution < -0.4 is 10.6 Å². The number of hydrogen-bond acceptors (Lipinski definition) is 4. The average Bonchev–Trinajstić information content (AvgIpc) is 2.81. The Bertz CT molecular complexity index is 361. The number of nitrogens with zero attached hydrogens (tertiary/aromatic N) is 2. The first-order valence-corrected chi connectivity index (χ1v) is 6.15. The monoisotopic (exact) mass is 310 g/mol. The quantitative estimate of drug-likeness (QED) is 0.880. The molecule has 0 bridgehead atoms. The summed E-state index contributed by atoms with van der Waals surface area (Å²) in [7, 11) is 0. The molecule has 0 aromatic carbocycles. The Kier molecular flexibility index (Phi) is 5.92. The molecule has 1 saturated heterocycles. The van der Waals surface area contributed by atoms with Gasteiger partial charge in [-0.3, -0.25) is 0 Å². The molecule has 2 N–H and O–H groups in total. The summed E-state index contributed by atoms with van der Waals surface area (Å²) in [6.07, 6.45) is 2.48. The van der Waals surface area contributed by atoms with Gasteiger partial charge in [0.2, 0.25) is 0 Å². The molecule has 0 spiro atoms. The van der Waals surface area contributed by atoms with Crippen LogP contribution in [-0.4, -0.2) is 29.3 Å². The summed E-state index contributed by atoms with van der Waals surface area (Å²) in [5.74, 6) is 2.53. The lowest BCUT2D eigenvalue weighted by molar-refractivity contribution is 0.494. The van der Waals surface area contributed by atoms with E-state index in [-0.39, 0.29) is 24.8 Å². The molecule has 0 radical (unpaired) electrons. The van der Waals surface area contributed by atoms with Crippen molar-refractivity contribution in [2.24, 2.45) is 11.8 Å². The van der Waals surface area contributed by atoms with Crippen LogP contribution in [-0.2, 0) is 0 Å². The SMILES string of the molecule is Cl.Cl.Clc1ccc(NC2C[C@H]3CNC[C@H]3C2)nn1. The fraction of sp³-hybridized carbons (Fsp3) is 0.636. The Morgan fingerprint density at radius 1 is 1.11 bits per heavy atom. The molecule has 4 nitrogen and oxygen atoms in total. The van der Waals surface area contributed by atoms with Crippen molar-refractivity contribution >= 4 is 42.2 Å². The summed E-state index contributed by atoms with van der Waals surface area (Å²) in [5, 5.41) is 15.2. The number of halogens is 3. The van der Waals surface area contributed by atoms with E-state index in [2.05, 4.69) is 20.8 Å². The Labute approximate surface area is 124 Å². The third-order valence-corrected chi connectivity index (χ3v) is 3.84. The van der Waals surface area contributed by atoms with Crippen LogP contribution in [0.2, 0.25) is 5.15 Å². The molecule has 1 aromatic heterocycles. The van der Waals surface area contributed by atoms with Gasteiger partial charge < -0.3 is 10.6 Å². The molecule has 2 heterocycles. The van der Waals surface area contributed by atoms with Crippen LogP contribution in [0.25, 0.3) is 0 Å². The van der Waals surface area contributed by atoms with Gasteiger partial charge in [0.1, 0.15) is 5.82 Å². The Morgan fingerprint density at radius 2 is 1.78 bits per heavy atom. The lowest BCUT2D eigenvalue weighted by Gasteiger charge is -2.13. The minimum Gasteiger partial charge on any atom is -0.366 e. The molecule has 0 amide bonds. The van der Waals surface area contributed by atoms with Crippen LogP contribution >= 0.6 is 36.4 Å². The molecule has 3 atom stereocenters. The molecule has 2 aliphatic rings. The molecule has 1 unspecified atom stereocenters. The summed E-state index contributed by atoms with van der Waals surface area (Å²) in [4.78, 5) is 0. The van der Waals surface area contributed by atoms with Crippen molar-refractivity contribution in [1.82, 2.24) is 15.5 Å². The zero-order valence-electron chi connectivity index (χ0n) is 9.80. The Hall–Kier alpha value is -0.290. The number of fused-ring (bicyclic) bond motifs is 1. The fourth-order valence-electron chi connectivity index (χ4n) is 2.89. The van der Waals surface area contributed by atoms with E-state index >= 15 is 0 Å². The average molecular weight is 312 g/mol. The normalized spacial score (nSPS) is 29.1. The molecule has 1 aromatic rings. The Balaban J connectivity index is 0.000000810. The molecule has 3 rings (SSSR count). The predicted molar refractivity (Wildman–Crippen MR) is 78.0 cm³/mol. The van der Waals surface area contributed by atoms with E-state index in [1.807, 2.05) is 6.07 Å². The van der Waals surface area contributed by atoms with Crippen molar-refractivity contribution in [1.29, 1.82) is 0 Å². The number of hydrogen-bond donors (Lipinski definition) is 2. The fourth-order valence-corrected chi connectivity index (χ4v) is 2.99.